The van der Waals surface area contributed by atoms with Crippen molar-refractivity contribution in [2.45, 2.75) is 42.3 Å². The molecule has 1 aromatic carbocycles. The van der Waals surface area contributed by atoms with Crippen molar-refractivity contribution in [3.05, 3.63) is 29.8 Å². The highest BCUT2D eigenvalue weighted by Gasteiger charge is 2.34. The van der Waals surface area contributed by atoms with Crippen molar-refractivity contribution in [1.29, 1.82) is 5.26 Å². The van der Waals surface area contributed by atoms with Gasteiger partial charge in [-0.15, -0.1) is 10.2 Å². The fraction of sp³-hybridized carbons (Fsp3) is 0.353. The molecule has 1 fully saturated rings. The van der Waals surface area contributed by atoms with Gasteiger partial charge in [0.1, 0.15) is 6.07 Å². The van der Waals surface area contributed by atoms with Crippen molar-refractivity contribution in [1.82, 2.24) is 10.2 Å². The summed E-state index contributed by atoms with van der Waals surface area (Å²) in [5.41, 5.74) is 0.902. The molecule has 1 N–H and O–H groups in total. The smallest absolute Gasteiger partial charge is 0.237 e. The zero-order valence-electron chi connectivity index (χ0n) is 14.3. The van der Waals surface area contributed by atoms with Crippen LogP contribution >= 0.6 is 23.1 Å². The van der Waals surface area contributed by atoms with Crippen LogP contribution < -0.4 is 10.2 Å². The summed E-state index contributed by atoms with van der Waals surface area (Å²) in [4.78, 5) is 25.9. The highest BCUT2D eigenvalue weighted by molar-refractivity contribution is 8.02. The lowest BCUT2D eigenvalue weighted by Crippen LogP contribution is -2.30. The monoisotopic (exact) mass is 387 g/mol. The van der Waals surface area contributed by atoms with E-state index >= 15 is 0 Å². The zero-order chi connectivity index (χ0) is 18.7. The van der Waals surface area contributed by atoms with Crippen LogP contribution in [-0.4, -0.2) is 33.3 Å². The van der Waals surface area contributed by atoms with Crippen LogP contribution in [0.15, 0.2) is 28.6 Å². The third kappa shape index (κ3) is 4.20. The fourth-order valence-corrected chi connectivity index (χ4v) is 4.46. The Morgan fingerprint density at radius 2 is 2.12 bits per heavy atom. The molecule has 1 aromatic heterocycles. The summed E-state index contributed by atoms with van der Waals surface area (Å²) in [6.07, 6.45) is 1.97. The van der Waals surface area contributed by atoms with Gasteiger partial charge in [-0.25, -0.2) is 0 Å². The van der Waals surface area contributed by atoms with Crippen LogP contribution in [0.2, 0.25) is 0 Å². The van der Waals surface area contributed by atoms with Crippen molar-refractivity contribution in [2.75, 3.05) is 10.2 Å². The quantitative estimate of drug-likeness (QED) is 0.604. The van der Waals surface area contributed by atoms with Crippen molar-refractivity contribution >= 4 is 45.7 Å². The summed E-state index contributed by atoms with van der Waals surface area (Å²) in [6.45, 7) is 3.29. The first-order chi connectivity index (χ1) is 12.5. The normalized spacial score (nSPS) is 14.3. The Balaban J connectivity index is 1.64. The van der Waals surface area contributed by atoms with E-state index in [1.807, 2.05) is 0 Å². The average molecular weight is 387 g/mol. The topological polar surface area (TPSA) is 99.0 Å². The molecule has 1 unspecified atom stereocenters. The summed E-state index contributed by atoms with van der Waals surface area (Å²) < 4.78 is 0.628. The van der Waals surface area contributed by atoms with Crippen LogP contribution in [0.5, 0.6) is 0 Å². The van der Waals surface area contributed by atoms with E-state index in [2.05, 4.69) is 21.6 Å². The number of nitrogens with zero attached hydrogens (tertiary/aromatic N) is 4. The number of carbonyl (C=O) groups is 2. The van der Waals surface area contributed by atoms with E-state index in [-0.39, 0.29) is 17.9 Å². The second kappa shape index (κ2) is 7.85. The Labute approximate surface area is 159 Å². The van der Waals surface area contributed by atoms with Crippen LogP contribution in [0.4, 0.5) is 10.8 Å². The molecule has 2 aromatic rings. The maximum atomic E-state index is 12.4. The van der Waals surface area contributed by atoms with Gasteiger partial charge in [0.25, 0.3) is 0 Å². The Morgan fingerprint density at radius 3 is 2.77 bits per heavy atom. The fourth-order valence-electron chi connectivity index (χ4n) is 2.36. The van der Waals surface area contributed by atoms with Crippen LogP contribution in [0.25, 0.3) is 0 Å². The number of hydrogen-bond donors (Lipinski definition) is 1. The number of aromatic nitrogens is 2. The number of benzene rings is 1. The third-order valence-electron chi connectivity index (χ3n) is 3.81. The number of rotatable bonds is 6. The van der Waals surface area contributed by atoms with Crippen molar-refractivity contribution < 1.29 is 9.59 Å². The molecule has 1 aliphatic carbocycles. The molecular formula is C17H17N5O2S2. The van der Waals surface area contributed by atoms with Crippen LogP contribution in [0, 0.1) is 11.3 Å². The summed E-state index contributed by atoms with van der Waals surface area (Å²) in [6, 6.07) is 9.13. The van der Waals surface area contributed by atoms with Crippen molar-refractivity contribution in [3.8, 4) is 6.07 Å². The van der Waals surface area contributed by atoms with Crippen molar-refractivity contribution in [3.63, 3.8) is 0 Å². The van der Waals surface area contributed by atoms with E-state index in [1.165, 1.54) is 30.0 Å². The molecule has 0 aliphatic heterocycles. The Hall–Kier alpha value is -2.44. The summed E-state index contributed by atoms with van der Waals surface area (Å²) in [7, 11) is 0. The van der Waals surface area contributed by atoms with E-state index in [0.29, 0.717) is 20.7 Å². The van der Waals surface area contributed by atoms with Crippen LogP contribution in [0.1, 0.15) is 32.3 Å². The van der Waals surface area contributed by atoms with E-state index in [9.17, 15) is 9.59 Å². The predicted molar refractivity (Wildman–Crippen MR) is 101 cm³/mol. The van der Waals surface area contributed by atoms with Gasteiger partial charge >= 0.3 is 0 Å². The molecule has 3 rings (SSSR count). The minimum absolute atomic E-state index is 0.0425. The van der Waals surface area contributed by atoms with Gasteiger partial charge in [-0.2, -0.15) is 5.26 Å². The van der Waals surface area contributed by atoms with E-state index in [4.69, 9.17) is 5.26 Å². The minimum atomic E-state index is -0.422. The van der Waals surface area contributed by atoms with Gasteiger partial charge in [0.15, 0.2) is 4.34 Å². The second-order valence-corrected chi connectivity index (χ2v) is 8.42. The van der Waals surface area contributed by atoms with Gasteiger partial charge in [0.2, 0.25) is 16.9 Å². The molecule has 1 saturated carbocycles. The number of para-hydroxylation sites is 1. The molecule has 2 amide bonds. The molecule has 7 nitrogen and oxygen atoms in total. The number of nitriles is 1. The molecule has 0 radical (unpaired) electrons. The van der Waals surface area contributed by atoms with E-state index < -0.39 is 5.25 Å². The van der Waals surface area contributed by atoms with Crippen LogP contribution in [0.3, 0.4) is 0 Å². The second-order valence-electron chi connectivity index (χ2n) is 5.88. The van der Waals surface area contributed by atoms with Crippen LogP contribution in [-0.2, 0) is 9.59 Å². The Morgan fingerprint density at radius 1 is 1.38 bits per heavy atom. The molecule has 0 bridgehead atoms. The number of thioether (sulfide) groups is 1. The first-order valence-corrected chi connectivity index (χ1v) is 9.79. The van der Waals surface area contributed by atoms with E-state index in [0.717, 1.165) is 12.8 Å². The summed E-state index contributed by atoms with van der Waals surface area (Å²) in [5.74, 6) is -0.265. The van der Waals surface area contributed by atoms with Gasteiger partial charge in [-0.3, -0.25) is 14.5 Å². The minimum Gasteiger partial charge on any atom is -0.324 e. The number of hydrogen-bond acceptors (Lipinski definition) is 7. The maximum Gasteiger partial charge on any atom is 0.237 e. The van der Waals surface area contributed by atoms with Gasteiger partial charge < -0.3 is 5.32 Å². The Bertz CT molecular complexity index is 872. The summed E-state index contributed by atoms with van der Waals surface area (Å²) in [5, 5.41) is 20.2. The summed E-state index contributed by atoms with van der Waals surface area (Å²) >= 11 is 2.59. The molecular weight excluding hydrogens is 370 g/mol. The highest BCUT2D eigenvalue weighted by Crippen LogP contribution is 2.36. The first kappa shape index (κ1) is 18.4. The Kier molecular flexibility index (Phi) is 5.54. The number of anilines is 2. The lowest BCUT2D eigenvalue weighted by atomic mass is 10.2. The molecule has 1 atom stereocenters. The maximum absolute atomic E-state index is 12.4. The molecule has 26 heavy (non-hydrogen) atoms. The SMILES string of the molecule is CC(=O)N(c1nnc(SC(C)C(=O)Nc2ccccc2C#N)s1)C1CC1. The van der Waals surface area contributed by atoms with Gasteiger partial charge in [-0.1, -0.05) is 35.2 Å². The first-order valence-electron chi connectivity index (χ1n) is 8.09. The number of amides is 2. The highest BCUT2D eigenvalue weighted by atomic mass is 32.2. The lowest BCUT2D eigenvalue weighted by molar-refractivity contribution is -0.117. The molecule has 0 saturated heterocycles. The van der Waals surface area contributed by atoms with E-state index in [1.54, 1.807) is 36.1 Å². The van der Waals surface area contributed by atoms with Gasteiger partial charge in [-0.05, 0) is 31.9 Å². The lowest BCUT2D eigenvalue weighted by Gasteiger charge is -2.15. The molecule has 134 valence electrons. The average Bonchev–Trinajstić information content (AvgIpc) is 3.34. The largest absolute Gasteiger partial charge is 0.324 e. The molecule has 1 heterocycles. The molecule has 9 heteroatoms. The van der Waals surface area contributed by atoms with Crippen molar-refractivity contribution in [2.24, 2.45) is 0 Å². The molecule has 0 spiro atoms. The number of carbonyl (C=O) groups excluding carboxylic acids is 2. The number of nitrogens with one attached hydrogen (secondary N) is 1. The van der Waals surface area contributed by atoms with Gasteiger partial charge in [0, 0.05) is 13.0 Å². The third-order valence-corrected chi connectivity index (χ3v) is 5.91. The zero-order valence-corrected chi connectivity index (χ0v) is 15.9. The molecule has 1 aliphatic rings. The predicted octanol–water partition coefficient (Wildman–Crippen LogP) is 3.04. The van der Waals surface area contributed by atoms with Gasteiger partial charge in [0.05, 0.1) is 16.5 Å². The standard InChI is InChI=1S/C17H17N5O2S2/c1-10(15(24)19-14-6-4-3-5-12(14)9-18)25-17-21-20-16(26-17)22(11(2)23)13-7-8-13/h3-6,10,13H,7-8H2,1-2H3,(H,19,24).